The minimum Gasteiger partial charge on any atom is -0.300 e. The highest BCUT2D eigenvalue weighted by Gasteiger charge is 2.16. The van der Waals surface area contributed by atoms with Crippen molar-refractivity contribution in [2.75, 3.05) is 0 Å². The van der Waals surface area contributed by atoms with Crippen molar-refractivity contribution < 1.29 is 9.59 Å². The van der Waals surface area contributed by atoms with Crippen molar-refractivity contribution >= 4 is 11.6 Å². The van der Waals surface area contributed by atoms with Crippen LogP contribution in [0.3, 0.4) is 0 Å². The maximum absolute atomic E-state index is 11.3. The summed E-state index contributed by atoms with van der Waals surface area (Å²) in [4.78, 5) is 22.0. The van der Waals surface area contributed by atoms with Crippen molar-refractivity contribution in [2.45, 2.75) is 40.5 Å². The van der Waals surface area contributed by atoms with Gasteiger partial charge < -0.3 is 4.79 Å². The molecule has 0 aromatic heterocycles. The number of hydrogen-bond donors (Lipinski definition) is 0. The number of carbonyl (C=O) groups is 2. The van der Waals surface area contributed by atoms with Crippen LogP contribution in [0.5, 0.6) is 0 Å². The molecule has 0 saturated carbocycles. The van der Waals surface area contributed by atoms with Gasteiger partial charge in [0, 0.05) is 18.3 Å². The highest BCUT2D eigenvalue weighted by Crippen LogP contribution is 2.12. The van der Waals surface area contributed by atoms with Gasteiger partial charge in [-0.2, -0.15) is 0 Å². The number of hydrogen-bond acceptors (Lipinski definition) is 2. The Bertz CT molecular complexity index is 171. The molecule has 0 radical (unpaired) electrons. The molecule has 70 valence electrons. The molecule has 0 bridgehead atoms. The van der Waals surface area contributed by atoms with E-state index >= 15 is 0 Å². The first-order chi connectivity index (χ1) is 5.45. The third kappa shape index (κ3) is 4.27. The lowest BCUT2D eigenvalue weighted by molar-refractivity contribution is -0.125. The molecule has 0 aliphatic heterocycles. The largest absolute Gasteiger partial charge is 0.300 e. The summed E-state index contributed by atoms with van der Waals surface area (Å²) in [7, 11) is 0. The molecule has 0 fully saturated rings. The first-order valence-electron chi connectivity index (χ1n) is 4.48. The van der Waals surface area contributed by atoms with E-state index in [0.717, 1.165) is 0 Å². The Morgan fingerprint density at radius 3 is 2.00 bits per heavy atom. The molecule has 0 heterocycles. The summed E-state index contributed by atoms with van der Waals surface area (Å²) in [6.07, 6.45) is 1.23. The van der Waals surface area contributed by atoms with Crippen molar-refractivity contribution in [3.63, 3.8) is 0 Å². The maximum Gasteiger partial charge on any atom is 0.138 e. The average Bonchev–Trinajstić information content (AvgIpc) is 1.98. The third-order valence-corrected chi connectivity index (χ3v) is 1.98. The Balaban J connectivity index is 3.79. The zero-order chi connectivity index (χ0) is 9.72. The fourth-order valence-electron chi connectivity index (χ4n) is 1.13. The summed E-state index contributed by atoms with van der Waals surface area (Å²) in [5.41, 5.74) is 0. The van der Waals surface area contributed by atoms with Crippen LogP contribution in [0, 0.1) is 11.8 Å². The van der Waals surface area contributed by atoms with E-state index in [4.69, 9.17) is 0 Å². The van der Waals surface area contributed by atoms with Crippen LogP contribution in [-0.4, -0.2) is 11.6 Å². The van der Waals surface area contributed by atoms with Gasteiger partial charge in [0.1, 0.15) is 11.6 Å². The Morgan fingerprint density at radius 1 is 1.17 bits per heavy atom. The van der Waals surface area contributed by atoms with Gasteiger partial charge in [0.2, 0.25) is 0 Å². The summed E-state index contributed by atoms with van der Waals surface area (Å²) >= 11 is 0. The monoisotopic (exact) mass is 170 g/mol. The van der Waals surface area contributed by atoms with Gasteiger partial charge in [-0.15, -0.1) is 0 Å². The summed E-state index contributed by atoms with van der Waals surface area (Å²) in [5.74, 6) is 0.551. The van der Waals surface area contributed by atoms with Crippen LogP contribution in [0.15, 0.2) is 0 Å². The van der Waals surface area contributed by atoms with Gasteiger partial charge in [0.25, 0.3) is 0 Å². The highest BCUT2D eigenvalue weighted by atomic mass is 16.1. The van der Waals surface area contributed by atoms with Gasteiger partial charge in [0.15, 0.2) is 0 Å². The molecule has 0 aliphatic carbocycles. The molecular weight excluding hydrogens is 152 g/mol. The second kappa shape index (κ2) is 5.07. The fraction of sp³-hybridized carbons (Fsp3) is 0.800. The predicted molar refractivity (Wildman–Crippen MR) is 48.9 cm³/mol. The first-order valence-corrected chi connectivity index (χ1v) is 4.48. The van der Waals surface area contributed by atoms with Gasteiger partial charge >= 0.3 is 0 Å². The van der Waals surface area contributed by atoms with E-state index in [-0.39, 0.29) is 23.4 Å². The van der Waals surface area contributed by atoms with Crippen molar-refractivity contribution in [3.8, 4) is 0 Å². The molecule has 1 atom stereocenters. The smallest absolute Gasteiger partial charge is 0.138 e. The molecule has 0 saturated heterocycles. The van der Waals surface area contributed by atoms with E-state index in [0.29, 0.717) is 12.8 Å². The van der Waals surface area contributed by atoms with E-state index in [1.165, 1.54) is 0 Å². The van der Waals surface area contributed by atoms with Crippen LogP contribution in [0.4, 0.5) is 0 Å². The third-order valence-electron chi connectivity index (χ3n) is 1.98. The summed E-state index contributed by atoms with van der Waals surface area (Å²) in [6.45, 7) is 7.25. The van der Waals surface area contributed by atoms with Crippen molar-refractivity contribution in [1.82, 2.24) is 0 Å². The molecule has 0 spiro atoms. The molecule has 0 rings (SSSR count). The number of ketones is 2. The molecule has 2 heteroatoms. The highest BCUT2D eigenvalue weighted by molar-refractivity contribution is 5.83. The number of carbonyl (C=O) groups excluding carboxylic acids is 2. The Labute approximate surface area is 74.3 Å². The lowest BCUT2D eigenvalue weighted by Gasteiger charge is -2.11. The van der Waals surface area contributed by atoms with E-state index in [9.17, 15) is 9.59 Å². The average molecular weight is 170 g/mol. The normalized spacial score (nSPS) is 13.1. The quantitative estimate of drug-likeness (QED) is 0.634. The van der Waals surface area contributed by atoms with Gasteiger partial charge in [0.05, 0.1) is 0 Å². The lowest BCUT2D eigenvalue weighted by atomic mass is 9.92. The van der Waals surface area contributed by atoms with Crippen molar-refractivity contribution in [1.29, 1.82) is 0 Å². The summed E-state index contributed by atoms with van der Waals surface area (Å²) in [5, 5.41) is 0. The van der Waals surface area contributed by atoms with Gasteiger partial charge in [-0.1, -0.05) is 20.8 Å². The molecule has 0 aromatic carbocycles. The SMILES string of the molecule is CC(=O)CCC(C)C(=O)C(C)C. The first kappa shape index (κ1) is 11.3. The summed E-state index contributed by atoms with van der Waals surface area (Å²) < 4.78 is 0. The van der Waals surface area contributed by atoms with Gasteiger partial charge in [-0.25, -0.2) is 0 Å². The topological polar surface area (TPSA) is 34.1 Å². The molecule has 0 aromatic rings. The molecule has 0 amide bonds. The Kier molecular flexibility index (Phi) is 4.79. The zero-order valence-corrected chi connectivity index (χ0v) is 8.39. The maximum atomic E-state index is 11.3. The van der Waals surface area contributed by atoms with Crippen LogP contribution < -0.4 is 0 Å². The van der Waals surface area contributed by atoms with Crippen LogP contribution in [0.2, 0.25) is 0 Å². The molecule has 0 aliphatic rings. The Hall–Kier alpha value is -0.660. The van der Waals surface area contributed by atoms with Crippen molar-refractivity contribution in [2.24, 2.45) is 11.8 Å². The van der Waals surface area contributed by atoms with E-state index in [1.807, 2.05) is 20.8 Å². The summed E-state index contributed by atoms with van der Waals surface area (Å²) in [6, 6.07) is 0. The minimum atomic E-state index is 0.0360. The van der Waals surface area contributed by atoms with E-state index in [1.54, 1.807) is 6.92 Å². The fourth-order valence-corrected chi connectivity index (χ4v) is 1.13. The number of rotatable bonds is 5. The van der Waals surface area contributed by atoms with Crippen molar-refractivity contribution in [3.05, 3.63) is 0 Å². The van der Waals surface area contributed by atoms with Crippen LogP contribution in [-0.2, 0) is 9.59 Å². The van der Waals surface area contributed by atoms with Crippen LogP contribution in [0.1, 0.15) is 40.5 Å². The van der Waals surface area contributed by atoms with Gasteiger partial charge in [-0.05, 0) is 13.3 Å². The predicted octanol–water partition coefficient (Wildman–Crippen LogP) is 2.22. The second-order valence-corrected chi connectivity index (χ2v) is 3.70. The molecule has 2 nitrogen and oxygen atoms in total. The van der Waals surface area contributed by atoms with Gasteiger partial charge in [-0.3, -0.25) is 4.79 Å². The molecule has 12 heavy (non-hydrogen) atoms. The molecule has 1 unspecified atom stereocenters. The van der Waals surface area contributed by atoms with Crippen LogP contribution >= 0.6 is 0 Å². The van der Waals surface area contributed by atoms with Crippen LogP contribution in [0.25, 0.3) is 0 Å². The molecule has 0 N–H and O–H groups in total. The number of Topliss-reactive ketones (excluding diaryl/α,β-unsaturated/α-hetero) is 2. The minimum absolute atomic E-state index is 0.0360. The second-order valence-electron chi connectivity index (χ2n) is 3.70. The zero-order valence-electron chi connectivity index (χ0n) is 8.39. The lowest BCUT2D eigenvalue weighted by Crippen LogP contribution is -2.17. The Morgan fingerprint density at radius 2 is 1.67 bits per heavy atom. The van der Waals surface area contributed by atoms with E-state index < -0.39 is 0 Å². The molecular formula is C10H18O2. The standard InChI is InChI=1S/C10H18O2/c1-7(2)10(12)8(3)5-6-9(4)11/h7-8H,5-6H2,1-4H3. The van der Waals surface area contributed by atoms with E-state index in [2.05, 4.69) is 0 Å².